The van der Waals surface area contributed by atoms with E-state index in [1.165, 1.54) is 0 Å². The van der Waals surface area contributed by atoms with Gasteiger partial charge >= 0.3 is 12.3 Å². The van der Waals surface area contributed by atoms with E-state index in [-0.39, 0.29) is 0 Å². The smallest absolute Gasteiger partial charge is 0.408 e. The quantitative estimate of drug-likeness (QED) is 0.596. The fourth-order valence-electron chi connectivity index (χ4n) is 4.48. The summed E-state index contributed by atoms with van der Waals surface area (Å²) in [4.78, 5) is 15.0. The summed E-state index contributed by atoms with van der Waals surface area (Å²) in [5.74, 6) is 1.06. The lowest BCUT2D eigenvalue weighted by Gasteiger charge is -2.39. The molecule has 1 fully saturated rings. The molecule has 0 saturated carbocycles. The highest BCUT2D eigenvalue weighted by Crippen LogP contribution is 2.51. The lowest BCUT2D eigenvalue weighted by molar-refractivity contribution is -0.124. The number of halogens is 3. The minimum atomic E-state index is -4.53. The number of hydrogen-bond acceptors (Lipinski definition) is 5. The highest BCUT2D eigenvalue weighted by atomic mass is 19.4. The molecule has 1 amide bonds. The molecule has 0 spiro atoms. The fourth-order valence-corrected chi connectivity index (χ4v) is 4.48. The average Bonchev–Trinajstić information content (AvgIpc) is 2.81. The molecular weight excluding hydrogens is 435 g/mol. The number of nitrogens with one attached hydrogen (secondary N) is 2. The molecule has 2 aromatic carbocycles. The van der Waals surface area contributed by atoms with Crippen LogP contribution in [0.4, 0.5) is 18.0 Å². The first-order valence-electron chi connectivity index (χ1n) is 11.2. The molecule has 9 heteroatoms. The van der Waals surface area contributed by atoms with E-state index in [2.05, 4.69) is 10.2 Å². The zero-order chi connectivity index (χ0) is 23.3. The summed E-state index contributed by atoms with van der Waals surface area (Å²) < 4.78 is 50.0. The first kappa shape index (κ1) is 23.4. The van der Waals surface area contributed by atoms with Crippen molar-refractivity contribution in [3.63, 3.8) is 0 Å². The van der Waals surface area contributed by atoms with E-state index in [9.17, 15) is 18.0 Å². The first-order chi connectivity index (χ1) is 15.9. The highest BCUT2D eigenvalue weighted by Gasteiger charge is 2.45. The second-order valence-corrected chi connectivity index (χ2v) is 8.33. The molecule has 0 aromatic heterocycles. The van der Waals surface area contributed by atoms with Crippen LogP contribution in [0.3, 0.4) is 0 Å². The number of rotatable bonds is 7. The summed E-state index contributed by atoms with van der Waals surface area (Å²) >= 11 is 0. The highest BCUT2D eigenvalue weighted by molar-refractivity contribution is 5.70. The number of alkyl carbamates (subject to hydrolysis) is 1. The molecule has 33 heavy (non-hydrogen) atoms. The topological polar surface area (TPSA) is 62.8 Å². The molecule has 6 nitrogen and oxygen atoms in total. The minimum Gasteiger partial charge on any atom is -0.456 e. The SMILES string of the molecule is O=C(NCC(F)(F)F)OC1(CCCCN2CCNCC2)c2ccccc2Oc2ccccc21. The average molecular weight is 464 g/mol. The lowest BCUT2D eigenvalue weighted by atomic mass is 9.79. The van der Waals surface area contributed by atoms with Gasteiger partial charge in [-0.3, -0.25) is 0 Å². The molecule has 2 aliphatic rings. The van der Waals surface area contributed by atoms with Crippen molar-refractivity contribution in [2.45, 2.75) is 31.0 Å². The van der Waals surface area contributed by atoms with Gasteiger partial charge in [0.2, 0.25) is 0 Å². The monoisotopic (exact) mass is 463 g/mol. The number of ether oxygens (including phenoxy) is 2. The van der Waals surface area contributed by atoms with Crippen molar-refractivity contribution in [3.05, 3.63) is 59.7 Å². The van der Waals surface area contributed by atoms with Crippen LogP contribution in [0.1, 0.15) is 30.4 Å². The zero-order valence-corrected chi connectivity index (χ0v) is 18.3. The van der Waals surface area contributed by atoms with Crippen LogP contribution in [0.5, 0.6) is 11.5 Å². The molecule has 0 unspecified atom stereocenters. The molecular formula is C24H28F3N3O3. The van der Waals surface area contributed by atoms with Crippen molar-refractivity contribution < 1.29 is 27.4 Å². The summed E-state index contributed by atoms with van der Waals surface area (Å²) in [5, 5.41) is 5.19. The third-order valence-electron chi connectivity index (χ3n) is 6.03. The van der Waals surface area contributed by atoms with E-state index in [1.807, 2.05) is 29.6 Å². The van der Waals surface area contributed by atoms with Gasteiger partial charge in [-0.25, -0.2) is 4.79 Å². The standard InChI is InChI=1S/C24H28F3N3O3/c25-24(26,27)17-29-22(31)33-23(11-5-6-14-30-15-12-28-13-16-30)18-7-1-3-9-20(18)32-21-10-4-2-8-19(21)23/h1-4,7-10,28H,5-6,11-17H2,(H,29,31). The van der Waals surface area contributed by atoms with E-state index < -0.39 is 24.4 Å². The minimum absolute atomic E-state index is 0.427. The van der Waals surface area contributed by atoms with Crippen LogP contribution < -0.4 is 15.4 Å². The number of unbranched alkanes of at least 4 members (excludes halogenated alkanes) is 1. The van der Waals surface area contributed by atoms with E-state index in [0.717, 1.165) is 45.6 Å². The second kappa shape index (κ2) is 10.0. The van der Waals surface area contributed by atoms with Gasteiger partial charge in [0.25, 0.3) is 0 Å². The number of fused-ring (bicyclic) bond motifs is 2. The number of nitrogens with zero attached hydrogens (tertiary/aromatic N) is 1. The number of piperazine rings is 1. The van der Waals surface area contributed by atoms with Gasteiger partial charge in [-0.2, -0.15) is 13.2 Å². The number of benzene rings is 2. The Morgan fingerprint density at radius 3 is 2.24 bits per heavy atom. The summed E-state index contributed by atoms with van der Waals surface area (Å²) in [6.07, 6.45) is -3.61. The molecule has 1 saturated heterocycles. The van der Waals surface area contributed by atoms with Crippen molar-refractivity contribution >= 4 is 6.09 Å². The van der Waals surface area contributed by atoms with Crippen LogP contribution in [0, 0.1) is 0 Å². The molecule has 0 aliphatic carbocycles. The van der Waals surface area contributed by atoms with E-state index in [4.69, 9.17) is 9.47 Å². The van der Waals surface area contributed by atoms with Gasteiger partial charge in [-0.15, -0.1) is 0 Å². The van der Waals surface area contributed by atoms with Crippen LogP contribution >= 0.6 is 0 Å². The predicted octanol–water partition coefficient (Wildman–Crippen LogP) is 4.40. The number of hydrogen-bond donors (Lipinski definition) is 2. The molecule has 0 radical (unpaired) electrons. The number of carbonyl (C=O) groups is 1. The van der Waals surface area contributed by atoms with Gasteiger partial charge in [0, 0.05) is 37.3 Å². The van der Waals surface area contributed by atoms with Gasteiger partial charge in [-0.1, -0.05) is 36.4 Å². The molecule has 2 heterocycles. The van der Waals surface area contributed by atoms with Crippen molar-refractivity contribution in [2.24, 2.45) is 0 Å². The van der Waals surface area contributed by atoms with Gasteiger partial charge < -0.3 is 25.0 Å². The second-order valence-electron chi connectivity index (χ2n) is 8.33. The fraction of sp³-hybridized carbons (Fsp3) is 0.458. The summed E-state index contributed by atoms with van der Waals surface area (Å²) in [5.41, 5.74) is 0.0194. The Labute approximate surface area is 191 Å². The largest absolute Gasteiger partial charge is 0.456 e. The van der Waals surface area contributed by atoms with Crippen molar-refractivity contribution in [3.8, 4) is 11.5 Å². The molecule has 2 N–H and O–H groups in total. The third kappa shape index (κ3) is 5.59. The Kier molecular flexibility index (Phi) is 7.09. The lowest BCUT2D eigenvalue weighted by Crippen LogP contribution is -2.44. The molecule has 0 atom stereocenters. The summed E-state index contributed by atoms with van der Waals surface area (Å²) in [7, 11) is 0. The molecule has 2 aliphatic heterocycles. The van der Waals surface area contributed by atoms with E-state index in [1.54, 1.807) is 24.3 Å². The normalized spacial score (nSPS) is 17.4. The summed E-state index contributed by atoms with van der Waals surface area (Å²) in [6, 6.07) is 14.4. The number of amides is 1. The van der Waals surface area contributed by atoms with Crippen LogP contribution in [0.2, 0.25) is 0 Å². The third-order valence-corrected chi connectivity index (χ3v) is 6.03. The summed E-state index contributed by atoms with van der Waals surface area (Å²) in [6.45, 7) is 3.36. The maximum atomic E-state index is 12.7. The first-order valence-corrected chi connectivity index (χ1v) is 11.2. The van der Waals surface area contributed by atoms with Crippen molar-refractivity contribution in [1.82, 2.24) is 15.5 Å². The van der Waals surface area contributed by atoms with Crippen LogP contribution in [-0.2, 0) is 10.3 Å². The van der Waals surface area contributed by atoms with Crippen molar-refractivity contribution in [1.29, 1.82) is 0 Å². The Morgan fingerprint density at radius 1 is 1.03 bits per heavy atom. The van der Waals surface area contributed by atoms with Crippen LogP contribution in [-0.4, -0.2) is 56.4 Å². The Morgan fingerprint density at radius 2 is 1.64 bits per heavy atom. The molecule has 2 aromatic rings. The molecule has 0 bridgehead atoms. The van der Waals surface area contributed by atoms with Gasteiger partial charge in [-0.05, 0) is 37.9 Å². The molecule has 178 valence electrons. The number of alkyl halides is 3. The maximum absolute atomic E-state index is 12.7. The van der Waals surface area contributed by atoms with Crippen LogP contribution in [0.15, 0.2) is 48.5 Å². The van der Waals surface area contributed by atoms with Crippen LogP contribution in [0.25, 0.3) is 0 Å². The Bertz CT molecular complexity index is 916. The van der Waals surface area contributed by atoms with Crippen molar-refractivity contribution in [2.75, 3.05) is 39.3 Å². The predicted molar refractivity (Wildman–Crippen MR) is 117 cm³/mol. The van der Waals surface area contributed by atoms with Gasteiger partial charge in [0.05, 0.1) is 0 Å². The zero-order valence-electron chi connectivity index (χ0n) is 18.3. The Balaban J connectivity index is 1.59. The Hall–Kier alpha value is -2.78. The van der Waals surface area contributed by atoms with Gasteiger partial charge in [0.15, 0.2) is 5.60 Å². The maximum Gasteiger partial charge on any atom is 0.408 e. The number of carbonyl (C=O) groups excluding carboxylic acids is 1. The number of para-hydroxylation sites is 2. The van der Waals surface area contributed by atoms with E-state index in [0.29, 0.717) is 29.0 Å². The molecule has 4 rings (SSSR count). The van der Waals surface area contributed by atoms with E-state index >= 15 is 0 Å². The van der Waals surface area contributed by atoms with Gasteiger partial charge in [0.1, 0.15) is 18.0 Å².